The van der Waals surface area contributed by atoms with Crippen molar-refractivity contribution >= 4 is 11.8 Å². The largest absolute Gasteiger partial charge is 0.353 e. The van der Waals surface area contributed by atoms with E-state index in [1.54, 1.807) is 17.2 Å². The lowest BCUT2D eigenvalue weighted by atomic mass is 10.1. The van der Waals surface area contributed by atoms with Gasteiger partial charge in [-0.3, -0.25) is 14.6 Å². The maximum Gasteiger partial charge on any atom is 0.255 e. The van der Waals surface area contributed by atoms with Gasteiger partial charge < -0.3 is 10.2 Å². The highest BCUT2D eigenvalue weighted by Crippen LogP contribution is 2.10. The topological polar surface area (TPSA) is 62.3 Å². The van der Waals surface area contributed by atoms with Crippen molar-refractivity contribution in [2.45, 2.75) is 6.42 Å². The quantitative estimate of drug-likeness (QED) is 0.927. The Kier molecular flexibility index (Phi) is 4.14. The van der Waals surface area contributed by atoms with Gasteiger partial charge >= 0.3 is 0 Å². The Balaban J connectivity index is 1.68. The number of aromatic nitrogens is 1. The maximum absolute atomic E-state index is 12.3. The van der Waals surface area contributed by atoms with E-state index in [4.69, 9.17) is 0 Å². The van der Waals surface area contributed by atoms with Gasteiger partial charge in [0.25, 0.3) is 5.91 Å². The fourth-order valence-corrected chi connectivity index (χ4v) is 2.46. The first-order valence-electron chi connectivity index (χ1n) is 7.27. The normalized spacial score (nSPS) is 14.5. The van der Waals surface area contributed by atoms with Crippen LogP contribution in [0.3, 0.4) is 0 Å². The van der Waals surface area contributed by atoms with E-state index in [0.717, 1.165) is 12.1 Å². The number of amides is 2. The van der Waals surface area contributed by atoms with Crippen LogP contribution < -0.4 is 5.32 Å². The predicted octanol–water partition coefficient (Wildman–Crippen LogP) is 1.24. The molecule has 3 rings (SSSR count). The second-order valence-corrected chi connectivity index (χ2v) is 5.28. The highest BCUT2D eigenvalue weighted by molar-refractivity contribution is 5.96. The van der Waals surface area contributed by atoms with Crippen LogP contribution in [0.2, 0.25) is 0 Å². The summed E-state index contributed by atoms with van der Waals surface area (Å²) in [5, 5.41) is 2.71. The second kappa shape index (κ2) is 6.39. The van der Waals surface area contributed by atoms with E-state index < -0.39 is 0 Å². The molecule has 0 atom stereocenters. The molecule has 2 amide bonds. The SMILES string of the molecule is O=C1CN(C(=O)c2ccc(Cc3ccccc3)nc2)CCN1. The van der Waals surface area contributed by atoms with Crippen molar-refractivity contribution in [1.29, 1.82) is 0 Å². The second-order valence-electron chi connectivity index (χ2n) is 5.28. The molecule has 0 unspecified atom stereocenters. The average Bonchev–Trinajstić information content (AvgIpc) is 2.56. The highest BCUT2D eigenvalue weighted by Gasteiger charge is 2.22. The molecule has 5 heteroatoms. The lowest BCUT2D eigenvalue weighted by molar-refractivity contribution is -0.123. The van der Waals surface area contributed by atoms with Crippen LogP contribution in [0.15, 0.2) is 48.7 Å². The molecule has 112 valence electrons. The number of carbonyl (C=O) groups is 2. The van der Waals surface area contributed by atoms with E-state index in [0.29, 0.717) is 18.7 Å². The van der Waals surface area contributed by atoms with Crippen LogP contribution in [0.5, 0.6) is 0 Å². The zero-order valence-corrected chi connectivity index (χ0v) is 12.2. The first-order chi connectivity index (χ1) is 10.7. The van der Waals surface area contributed by atoms with Gasteiger partial charge in [0.2, 0.25) is 5.91 Å². The van der Waals surface area contributed by atoms with Crippen LogP contribution in [0.4, 0.5) is 0 Å². The van der Waals surface area contributed by atoms with Gasteiger partial charge in [0.1, 0.15) is 0 Å². The minimum Gasteiger partial charge on any atom is -0.353 e. The lowest BCUT2D eigenvalue weighted by Crippen LogP contribution is -2.49. The van der Waals surface area contributed by atoms with Crippen LogP contribution in [-0.4, -0.2) is 41.3 Å². The van der Waals surface area contributed by atoms with E-state index in [2.05, 4.69) is 10.3 Å². The monoisotopic (exact) mass is 295 g/mol. The van der Waals surface area contributed by atoms with E-state index >= 15 is 0 Å². The van der Waals surface area contributed by atoms with Gasteiger partial charge in [0, 0.05) is 31.4 Å². The van der Waals surface area contributed by atoms with E-state index in [1.165, 1.54) is 5.56 Å². The minimum absolute atomic E-state index is 0.116. The summed E-state index contributed by atoms with van der Waals surface area (Å²) in [5.74, 6) is -0.262. The molecule has 1 aromatic heterocycles. The molecule has 1 aliphatic heterocycles. The summed E-state index contributed by atoms with van der Waals surface area (Å²) in [6.45, 7) is 1.16. The molecule has 1 saturated heterocycles. The Labute approximate surface area is 129 Å². The van der Waals surface area contributed by atoms with Crippen LogP contribution in [0.1, 0.15) is 21.6 Å². The van der Waals surface area contributed by atoms with Crippen molar-refractivity contribution < 1.29 is 9.59 Å². The summed E-state index contributed by atoms with van der Waals surface area (Å²) < 4.78 is 0. The standard InChI is InChI=1S/C17H17N3O2/c21-16-12-20(9-8-18-16)17(22)14-6-7-15(19-11-14)10-13-4-2-1-3-5-13/h1-7,11H,8-10,12H2,(H,18,21). The smallest absolute Gasteiger partial charge is 0.255 e. The van der Waals surface area contributed by atoms with Crippen molar-refractivity contribution in [3.8, 4) is 0 Å². The molecule has 0 aliphatic carbocycles. The molecular formula is C17H17N3O2. The van der Waals surface area contributed by atoms with Crippen LogP contribution in [-0.2, 0) is 11.2 Å². The first-order valence-corrected chi connectivity index (χ1v) is 7.27. The third-order valence-corrected chi connectivity index (χ3v) is 3.63. The molecule has 2 heterocycles. The number of nitrogens with one attached hydrogen (secondary N) is 1. The molecule has 0 spiro atoms. The van der Waals surface area contributed by atoms with Gasteiger partial charge in [0.05, 0.1) is 12.1 Å². The van der Waals surface area contributed by atoms with Crippen molar-refractivity contribution in [3.63, 3.8) is 0 Å². The van der Waals surface area contributed by atoms with Crippen molar-refractivity contribution in [3.05, 3.63) is 65.5 Å². The molecule has 0 saturated carbocycles. The van der Waals surface area contributed by atoms with Gasteiger partial charge in [-0.05, 0) is 17.7 Å². The summed E-state index contributed by atoms with van der Waals surface area (Å²) in [6.07, 6.45) is 2.33. The predicted molar refractivity (Wildman–Crippen MR) is 82.4 cm³/mol. The fraction of sp³-hybridized carbons (Fsp3) is 0.235. The molecule has 1 fully saturated rings. The number of hydrogen-bond donors (Lipinski definition) is 1. The first kappa shape index (κ1) is 14.3. The Hall–Kier alpha value is -2.69. The van der Waals surface area contributed by atoms with Crippen molar-refractivity contribution in [2.75, 3.05) is 19.6 Å². The third kappa shape index (κ3) is 3.31. The molecule has 22 heavy (non-hydrogen) atoms. The maximum atomic E-state index is 12.3. The van der Waals surface area contributed by atoms with E-state index in [1.807, 2.05) is 36.4 Å². The van der Waals surface area contributed by atoms with Gasteiger partial charge in [-0.25, -0.2) is 0 Å². The van der Waals surface area contributed by atoms with Crippen LogP contribution >= 0.6 is 0 Å². The molecule has 0 bridgehead atoms. The van der Waals surface area contributed by atoms with Gasteiger partial charge in [-0.15, -0.1) is 0 Å². The summed E-state index contributed by atoms with van der Waals surface area (Å²) in [4.78, 5) is 29.6. The van der Waals surface area contributed by atoms with Gasteiger partial charge in [-0.2, -0.15) is 0 Å². The Morgan fingerprint density at radius 3 is 2.68 bits per heavy atom. The number of carbonyl (C=O) groups excluding carboxylic acids is 2. The number of rotatable bonds is 3. The summed E-state index contributed by atoms with van der Waals surface area (Å²) >= 11 is 0. The van der Waals surface area contributed by atoms with Crippen LogP contribution in [0, 0.1) is 0 Å². The fourth-order valence-electron chi connectivity index (χ4n) is 2.46. The van der Waals surface area contributed by atoms with Crippen LogP contribution in [0.25, 0.3) is 0 Å². The summed E-state index contributed by atoms with van der Waals surface area (Å²) in [7, 11) is 0. The van der Waals surface area contributed by atoms with E-state index in [-0.39, 0.29) is 18.4 Å². The Morgan fingerprint density at radius 1 is 1.18 bits per heavy atom. The molecule has 1 N–H and O–H groups in total. The number of hydrogen-bond acceptors (Lipinski definition) is 3. The van der Waals surface area contributed by atoms with E-state index in [9.17, 15) is 9.59 Å². The molecule has 1 aromatic carbocycles. The Bertz CT molecular complexity index is 668. The molecule has 1 aliphatic rings. The van der Waals surface area contributed by atoms with Crippen molar-refractivity contribution in [1.82, 2.24) is 15.2 Å². The highest BCUT2D eigenvalue weighted by atomic mass is 16.2. The van der Waals surface area contributed by atoms with Crippen molar-refractivity contribution in [2.24, 2.45) is 0 Å². The molecule has 2 aromatic rings. The number of piperazine rings is 1. The molecule has 0 radical (unpaired) electrons. The average molecular weight is 295 g/mol. The number of nitrogens with zero attached hydrogens (tertiary/aromatic N) is 2. The Morgan fingerprint density at radius 2 is 2.00 bits per heavy atom. The zero-order chi connectivity index (χ0) is 15.4. The van der Waals surface area contributed by atoms with Gasteiger partial charge in [0.15, 0.2) is 0 Å². The molecular weight excluding hydrogens is 278 g/mol. The van der Waals surface area contributed by atoms with Gasteiger partial charge in [-0.1, -0.05) is 30.3 Å². The number of benzene rings is 1. The lowest BCUT2D eigenvalue weighted by Gasteiger charge is -2.26. The third-order valence-electron chi connectivity index (χ3n) is 3.63. The summed E-state index contributed by atoms with van der Waals surface area (Å²) in [5.41, 5.74) is 2.62. The number of pyridine rings is 1. The zero-order valence-electron chi connectivity index (χ0n) is 12.2. The minimum atomic E-state index is -0.145. The molecule has 5 nitrogen and oxygen atoms in total. The summed E-state index contributed by atoms with van der Waals surface area (Å²) in [6, 6.07) is 13.7.